The summed E-state index contributed by atoms with van der Waals surface area (Å²) in [6, 6.07) is 5.61. The highest BCUT2D eigenvalue weighted by Gasteiger charge is 2.04. The second kappa shape index (κ2) is 5.57. The summed E-state index contributed by atoms with van der Waals surface area (Å²) < 4.78 is 6.13. The first-order valence-electron chi connectivity index (χ1n) is 4.25. The van der Waals surface area contributed by atoms with Crippen LogP contribution in [0.4, 0.5) is 5.69 Å². The first kappa shape index (κ1) is 11.8. The number of rotatable bonds is 2. The second-order valence-corrected chi connectivity index (χ2v) is 3.60. The number of methoxy groups -OCH3 is 1. The number of ether oxygens (including phenoxy) is 1. The van der Waals surface area contributed by atoms with Crippen LogP contribution >= 0.6 is 15.9 Å². The molecule has 1 aromatic carbocycles. The predicted octanol–water partition coefficient (Wildman–Crippen LogP) is 1.32. The van der Waals surface area contributed by atoms with Crippen molar-refractivity contribution in [3.05, 3.63) is 22.7 Å². The third kappa shape index (κ3) is 3.10. The number of halogens is 1. The summed E-state index contributed by atoms with van der Waals surface area (Å²) in [7, 11) is 3.24. The summed E-state index contributed by atoms with van der Waals surface area (Å²) in [5.74, 6) is 6.45. The topological polar surface area (TPSA) is 71.7 Å². The van der Waals surface area contributed by atoms with Crippen LogP contribution in [0.15, 0.2) is 27.7 Å². The molecule has 1 rings (SSSR count). The average Bonchev–Trinajstić information content (AvgIpc) is 2.26. The zero-order valence-electron chi connectivity index (χ0n) is 8.54. The highest BCUT2D eigenvalue weighted by molar-refractivity contribution is 9.10. The van der Waals surface area contributed by atoms with Crippen LogP contribution < -0.4 is 21.3 Å². The average molecular weight is 273 g/mol. The Bertz CT molecular complexity index is 367. The molecule has 5 nitrogen and oxygen atoms in total. The standard InChI is InChI=1S/C9H13BrN4O/c1-12-9(14-11)13-7-5-6(10)3-4-8(7)15-2/h3-5H,11H2,1-2H3,(H2,12,13,14). The van der Waals surface area contributed by atoms with Gasteiger partial charge in [-0.3, -0.25) is 10.4 Å². The number of guanidine groups is 1. The molecule has 0 fully saturated rings. The molecule has 0 amide bonds. The zero-order valence-corrected chi connectivity index (χ0v) is 10.1. The van der Waals surface area contributed by atoms with Crippen molar-refractivity contribution < 1.29 is 4.74 Å². The number of benzene rings is 1. The van der Waals surface area contributed by atoms with Gasteiger partial charge < -0.3 is 10.1 Å². The minimum Gasteiger partial charge on any atom is -0.495 e. The Labute approximate surface area is 96.8 Å². The highest BCUT2D eigenvalue weighted by atomic mass is 79.9. The van der Waals surface area contributed by atoms with Gasteiger partial charge in [-0.15, -0.1) is 0 Å². The lowest BCUT2D eigenvalue weighted by Gasteiger charge is -2.12. The lowest BCUT2D eigenvalue weighted by Crippen LogP contribution is -2.36. The van der Waals surface area contributed by atoms with Crippen LogP contribution in [0.1, 0.15) is 0 Å². The Balaban J connectivity index is 2.96. The molecule has 1 aromatic rings. The first-order chi connectivity index (χ1) is 7.21. The highest BCUT2D eigenvalue weighted by Crippen LogP contribution is 2.27. The molecule has 0 aromatic heterocycles. The van der Waals surface area contributed by atoms with E-state index in [0.29, 0.717) is 5.96 Å². The van der Waals surface area contributed by atoms with Gasteiger partial charge in [0.05, 0.1) is 12.8 Å². The molecular weight excluding hydrogens is 260 g/mol. The van der Waals surface area contributed by atoms with Gasteiger partial charge in [0.15, 0.2) is 0 Å². The van der Waals surface area contributed by atoms with Crippen molar-refractivity contribution in [2.24, 2.45) is 10.8 Å². The van der Waals surface area contributed by atoms with Gasteiger partial charge in [-0.2, -0.15) is 0 Å². The fraction of sp³-hybridized carbons (Fsp3) is 0.222. The molecule has 0 radical (unpaired) electrons. The third-order valence-corrected chi connectivity index (χ3v) is 2.27. The van der Waals surface area contributed by atoms with E-state index in [2.05, 4.69) is 31.7 Å². The van der Waals surface area contributed by atoms with Gasteiger partial charge >= 0.3 is 0 Å². The molecule has 0 bridgehead atoms. The van der Waals surface area contributed by atoms with Crippen molar-refractivity contribution in [3.8, 4) is 5.75 Å². The molecule has 0 spiro atoms. The van der Waals surface area contributed by atoms with Crippen molar-refractivity contribution in [2.75, 3.05) is 19.5 Å². The molecule has 0 unspecified atom stereocenters. The zero-order chi connectivity index (χ0) is 11.3. The number of hydrogen-bond donors (Lipinski definition) is 3. The number of nitrogens with zero attached hydrogens (tertiary/aromatic N) is 1. The maximum Gasteiger partial charge on any atom is 0.210 e. The minimum atomic E-state index is 0.464. The van der Waals surface area contributed by atoms with E-state index >= 15 is 0 Å². The van der Waals surface area contributed by atoms with E-state index < -0.39 is 0 Å². The molecule has 0 aliphatic rings. The van der Waals surface area contributed by atoms with Crippen molar-refractivity contribution >= 4 is 27.6 Å². The number of anilines is 1. The SMILES string of the molecule is CN=C(NN)Nc1cc(Br)ccc1OC. The van der Waals surface area contributed by atoms with E-state index in [1.807, 2.05) is 18.2 Å². The molecule has 0 aliphatic carbocycles. The van der Waals surface area contributed by atoms with Crippen LogP contribution in [-0.2, 0) is 0 Å². The van der Waals surface area contributed by atoms with E-state index in [9.17, 15) is 0 Å². The number of aliphatic imine (C=N–C) groups is 1. The van der Waals surface area contributed by atoms with Crippen LogP contribution in [0.5, 0.6) is 5.75 Å². The van der Waals surface area contributed by atoms with Crippen LogP contribution in [0.3, 0.4) is 0 Å². The van der Waals surface area contributed by atoms with Gasteiger partial charge in [0.1, 0.15) is 5.75 Å². The minimum absolute atomic E-state index is 0.464. The number of hydrogen-bond acceptors (Lipinski definition) is 3. The lowest BCUT2D eigenvalue weighted by molar-refractivity contribution is 0.417. The summed E-state index contributed by atoms with van der Waals surface area (Å²) in [6.45, 7) is 0. The van der Waals surface area contributed by atoms with Crippen LogP contribution in [-0.4, -0.2) is 20.1 Å². The molecule has 0 aliphatic heterocycles. The Morgan fingerprint density at radius 2 is 2.27 bits per heavy atom. The maximum absolute atomic E-state index is 5.26. The fourth-order valence-corrected chi connectivity index (χ4v) is 1.42. The van der Waals surface area contributed by atoms with Gasteiger partial charge in [-0.25, -0.2) is 5.84 Å². The molecular formula is C9H13BrN4O. The lowest BCUT2D eigenvalue weighted by atomic mass is 10.3. The molecule has 0 atom stereocenters. The normalized spacial score (nSPS) is 11.1. The second-order valence-electron chi connectivity index (χ2n) is 2.69. The van der Waals surface area contributed by atoms with Crippen molar-refractivity contribution in [1.29, 1.82) is 0 Å². The molecule has 0 saturated heterocycles. The van der Waals surface area contributed by atoms with Gasteiger partial charge in [-0.1, -0.05) is 15.9 Å². The van der Waals surface area contributed by atoms with Crippen molar-refractivity contribution in [1.82, 2.24) is 5.43 Å². The molecule has 6 heteroatoms. The van der Waals surface area contributed by atoms with Crippen LogP contribution in [0, 0.1) is 0 Å². The summed E-state index contributed by atoms with van der Waals surface area (Å²) in [4.78, 5) is 3.91. The predicted molar refractivity (Wildman–Crippen MR) is 65.0 cm³/mol. The molecule has 4 N–H and O–H groups in total. The number of nitrogens with two attached hydrogens (primary N) is 1. The van der Waals surface area contributed by atoms with Crippen molar-refractivity contribution in [3.63, 3.8) is 0 Å². The Morgan fingerprint density at radius 3 is 2.80 bits per heavy atom. The van der Waals surface area contributed by atoms with E-state index in [1.165, 1.54) is 0 Å². The Morgan fingerprint density at radius 1 is 1.53 bits per heavy atom. The van der Waals surface area contributed by atoms with E-state index in [-0.39, 0.29) is 0 Å². The molecule has 0 saturated carbocycles. The van der Waals surface area contributed by atoms with E-state index in [0.717, 1.165) is 15.9 Å². The van der Waals surface area contributed by atoms with Crippen molar-refractivity contribution in [2.45, 2.75) is 0 Å². The number of hydrazine groups is 1. The Kier molecular flexibility index (Phi) is 4.38. The molecule has 15 heavy (non-hydrogen) atoms. The summed E-state index contributed by atoms with van der Waals surface area (Å²) >= 11 is 3.37. The van der Waals surface area contributed by atoms with E-state index in [4.69, 9.17) is 10.6 Å². The van der Waals surface area contributed by atoms with Gasteiger partial charge in [0.2, 0.25) is 5.96 Å². The smallest absolute Gasteiger partial charge is 0.210 e. The van der Waals surface area contributed by atoms with Crippen LogP contribution in [0.2, 0.25) is 0 Å². The Hall–Kier alpha value is -1.27. The molecule has 82 valence electrons. The van der Waals surface area contributed by atoms with Gasteiger partial charge in [-0.05, 0) is 18.2 Å². The maximum atomic E-state index is 5.26. The summed E-state index contributed by atoms with van der Waals surface area (Å²) in [6.07, 6.45) is 0. The summed E-state index contributed by atoms with van der Waals surface area (Å²) in [5, 5.41) is 3.00. The molecule has 0 heterocycles. The largest absolute Gasteiger partial charge is 0.495 e. The number of nitrogens with one attached hydrogen (secondary N) is 2. The van der Waals surface area contributed by atoms with Gasteiger partial charge in [0, 0.05) is 11.5 Å². The van der Waals surface area contributed by atoms with Gasteiger partial charge in [0.25, 0.3) is 0 Å². The van der Waals surface area contributed by atoms with E-state index in [1.54, 1.807) is 14.2 Å². The monoisotopic (exact) mass is 272 g/mol. The fourth-order valence-electron chi connectivity index (χ4n) is 1.06. The van der Waals surface area contributed by atoms with Crippen LogP contribution in [0.25, 0.3) is 0 Å². The third-order valence-electron chi connectivity index (χ3n) is 1.77. The quantitative estimate of drug-likeness (QED) is 0.329. The summed E-state index contributed by atoms with van der Waals surface area (Å²) in [5.41, 5.74) is 3.22. The first-order valence-corrected chi connectivity index (χ1v) is 5.04.